The van der Waals surface area contributed by atoms with E-state index in [9.17, 15) is 31.2 Å². The number of nitrogens with zero attached hydrogens (tertiary/aromatic N) is 9. The summed E-state index contributed by atoms with van der Waals surface area (Å²) in [5, 5.41) is 17.9. The SMILES string of the molecule is CC(C)(C)OC(=O)N1C[C@@H](CCCNc2nc(S(=O)(=O)NC(=O)c3ccc(-n4ccc(OCCC5C6(CC6)C56CC6)n4)nc3Cl)ccc2OCc2ccccc2)CC1(C)C.CC1(C)C[C@H](CCCNc2nc(S(=O)(=O)NC(=O)c3ccc(-n4ccc(OCCC5C6(CC6)C56CC6)n4)nc3Cl)ccc2OCc2ccccc2)CN1. The van der Waals surface area contributed by atoms with Crippen LogP contribution in [-0.2, 0) is 38.0 Å². The summed E-state index contributed by atoms with van der Waals surface area (Å²) in [7, 11) is -8.87. The summed E-state index contributed by atoms with van der Waals surface area (Å²) in [5.41, 5.74) is 3.40. The lowest BCUT2D eigenvalue weighted by molar-refractivity contribution is 0.0130. The van der Waals surface area contributed by atoms with E-state index < -0.39 is 37.5 Å². The van der Waals surface area contributed by atoms with Crippen LogP contribution >= 0.6 is 23.2 Å². The zero-order valence-electron chi connectivity index (χ0n) is 65.0. The van der Waals surface area contributed by atoms with Gasteiger partial charge in [-0.3, -0.25) is 9.59 Å². The molecule has 600 valence electrons. The fourth-order valence-electron chi connectivity index (χ4n) is 18.2. The van der Waals surface area contributed by atoms with Crippen molar-refractivity contribution >= 4 is 72.8 Å². The van der Waals surface area contributed by atoms with Crippen molar-refractivity contribution in [1.82, 2.24) is 59.2 Å². The molecule has 8 aliphatic rings. The first-order chi connectivity index (χ1) is 54.0. The number of carbonyl (C=O) groups is 3. The van der Waals surface area contributed by atoms with Gasteiger partial charge in [-0.1, -0.05) is 83.9 Å². The van der Waals surface area contributed by atoms with Gasteiger partial charge in [0.05, 0.1) is 24.3 Å². The Kier molecular flexibility index (Phi) is 21.9. The van der Waals surface area contributed by atoms with Crippen molar-refractivity contribution in [2.75, 3.05) is 50.0 Å². The average Bonchev–Trinajstić information content (AvgIpc) is 1.45. The number of carbonyl (C=O) groups excluding carboxylic acids is 3. The molecule has 6 saturated carbocycles. The molecule has 6 aromatic heterocycles. The molecule has 30 heteroatoms. The molecule has 2 saturated heterocycles. The summed E-state index contributed by atoms with van der Waals surface area (Å²) in [6, 6.07) is 34.3. The van der Waals surface area contributed by atoms with E-state index in [0.717, 1.165) is 74.5 Å². The summed E-state index contributed by atoms with van der Waals surface area (Å²) in [5.74, 6) is 3.40. The first-order valence-electron chi connectivity index (χ1n) is 39.4. The maximum atomic E-state index is 13.6. The molecule has 0 unspecified atom stereocenters. The van der Waals surface area contributed by atoms with E-state index >= 15 is 0 Å². The highest BCUT2D eigenvalue weighted by molar-refractivity contribution is 7.90. The topological polar surface area (TPSA) is 316 Å². The zero-order chi connectivity index (χ0) is 79.4. The molecule has 0 radical (unpaired) electrons. The minimum absolute atomic E-state index is 0.110. The van der Waals surface area contributed by atoms with Gasteiger partial charge in [0.2, 0.25) is 11.8 Å². The molecule has 0 bridgehead atoms. The molecule has 26 nitrogen and oxygen atoms in total. The normalized spacial score (nSPS) is 19.9. The van der Waals surface area contributed by atoms with Crippen LogP contribution < -0.4 is 44.3 Å². The number of pyridine rings is 4. The Hall–Kier alpha value is -9.09. The van der Waals surface area contributed by atoms with Gasteiger partial charge in [-0.15, -0.1) is 10.2 Å². The number of benzene rings is 2. The molecular formula is C83H100Cl2N14O12S2. The Bertz CT molecular complexity index is 5050. The van der Waals surface area contributed by atoms with Gasteiger partial charge < -0.3 is 44.5 Å². The van der Waals surface area contributed by atoms with Crippen molar-refractivity contribution in [3.8, 4) is 34.9 Å². The lowest BCUT2D eigenvalue weighted by Gasteiger charge is -2.33. The Balaban J connectivity index is 0.000000180. The molecule has 8 fully saturated rings. The second kappa shape index (κ2) is 31.3. The minimum atomic E-state index is -4.47. The molecule has 6 aliphatic carbocycles. The number of nitrogens with one attached hydrogen (secondary N) is 5. The van der Waals surface area contributed by atoms with Crippen LogP contribution in [0.25, 0.3) is 11.6 Å². The van der Waals surface area contributed by atoms with E-state index in [4.69, 9.17) is 46.9 Å². The molecule has 3 amide bonds. The van der Waals surface area contributed by atoms with Gasteiger partial charge in [0.1, 0.15) is 29.1 Å². The van der Waals surface area contributed by atoms with Crippen LogP contribution in [0.4, 0.5) is 16.4 Å². The lowest BCUT2D eigenvalue weighted by Crippen LogP contribution is -2.45. The van der Waals surface area contributed by atoms with E-state index in [1.165, 1.54) is 97.1 Å². The summed E-state index contributed by atoms with van der Waals surface area (Å²) < 4.78 is 91.1. The smallest absolute Gasteiger partial charge is 0.410 e. The number of fused-ring (bicyclic) bond motifs is 2. The highest BCUT2D eigenvalue weighted by Crippen LogP contribution is 2.94. The third-order valence-corrected chi connectivity index (χ3v) is 27.3. The Labute approximate surface area is 670 Å². The summed E-state index contributed by atoms with van der Waals surface area (Å²) >= 11 is 12.9. The Morgan fingerprint density at radius 3 is 1.36 bits per heavy atom. The van der Waals surface area contributed by atoms with Gasteiger partial charge in [-0.05, 0) is 263 Å². The number of hydrogen-bond donors (Lipinski definition) is 5. The number of sulfonamides is 2. The van der Waals surface area contributed by atoms with E-state index in [1.54, 1.807) is 41.6 Å². The third kappa shape index (κ3) is 17.6. The molecule has 4 spiro atoms. The number of likely N-dealkylation sites (tertiary alicyclic amines) is 1. The summed E-state index contributed by atoms with van der Waals surface area (Å²) in [4.78, 5) is 58.8. The van der Waals surface area contributed by atoms with Crippen LogP contribution in [0.3, 0.4) is 0 Å². The first-order valence-corrected chi connectivity index (χ1v) is 43.1. The van der Waals surface area contributed by atoms with E-state index in [0.29, 0.717) is 102 Å². The lowest BCUT2D eigenvalue weighted by atomic mass is 9.93. The van der Waals surface area contributed by atoms with Gasteiger partial charge in [0.15, 0.2) is 44.8 Å². The fraction of sp³-hybridized carbons (Fsp3) is 0.506. The van der Waals surface area contributed by atoms with Gasteiger partial charge in [0, 0.05) is 55.2 Å². The Morgan fingerprint density at radius 1 is 0.531 bits per heavy atom. The van der Waals surface area contributed by atoms with Crippen LogP contribution in [-0.4, -0.2) is 135 Å². The second-order valence-electron chi connectivity index (χ2n) is 34.1. The number of amides is 3. The Morgan fingerprint density at radius 2 is 0.965 bits per heavy atom. The van der Waals surface area contributed by atoms with Crippen molar-refractivity contribution < 1.29 is 54.9 Å². The maximum absolute atomic E-state index is 13.6. The monoisotopic (exact) mass is 1620 g/mol. The number of hydrogen-bond acceptors (Lipinski definition) is 21. The van der Waals surface area contributed by atoms with E-state index in [1.807, 2.05) is 95.3 Å². The molecule has 2 aliphatic heterocycles. The second-order valence-corrected chi connectivity index (χ2v) is 38.0. The van der Waals surface area contributed by atoms with Gasteiger partial charge in [0.25, 0.3) is 31.9 Å². The average molecular weight is 1620 g/mol. The largest absolute Gasteiger partial charge is 0.485 e. The van der Waals surface area contributed by atoms with Crippen LogP contribution in [0.5, 0.6) is 23.3 Å². The number of anilines is 2. The highest BCUT2D eigenvalue weighted by Gasteiger charge is 2.86. The van der Waals surface area contributed by atoms with E-state index in [-0.39, 0.29) is 79.4 Å². The number of halogens is 2. The predicted octanol–water partition coefficient (Wildman–Crippen LogP) is 14.8. The quantitative estimate of drug-likeness (QED) is 0.0193. The van der Waals surface area contributed by atoms with Crippen molar-refractivity contribution in [3.63, 3.8) is 0 Å². The highest BCUT2D eigenvalue weighted by atomic mass is 35.5. The predicted molar refractivity (Wildman–Crippen MR) is 427 cm³/mol. The summed E-state index contributed by atoms with van der Waals surface area (Å²) in [6.45, 7) is 18.4. The minimum Gasteiger partial charge on any atom is -0.485 e. The zero-order valence-corrected chi connectivity index (χ0v) is 68.1. The van der Waals surface area contributed by atoms with Gasteiger partial charge in [-0.25, -0.2) is 43.5 Å². The maximum Gasteiger partial charge on any atom is 0.410 e. The molecular weight excluding hydrogens is 1520 g/mol. The van der Waals surface area contributed by atoms with Gasteiger partial charge >= 0.3 is 6.09 Å². The number of aromatic nitrogens is 8. The van der Waals surface area contributed by atoms with Crippen LogP contribution in [0.15, 0.2) is 144 Å². The summed E-state index contributed by atoms with van der Waals surface area (Å²) in [6.07, 6.45) is 21.5. The molecule has 5 N–H and O–H groups in total. The standard InChI is InChI=1S/C44H54ClN7O7S.C39H46ClN7O5S/c1-41(2,3)59-40(54)51-27-30(26-42(51,4)5)12-9-23-46-38-32(58-28-29-10-7-6-8-11-29)14-16-36(48-38)60(55,56)50-39(53)31-13-15-34(47-37(31)45)52-24-17-35(49-52)57-25-18-33-43(19-20-43)44(33)21-22-44;1-37(2)23-27(24-42-37)9-6-20-41-35-29(52-25-26-7-4-3-5-8-26)11-13-33(44-35)53(49,50)46-36(48)28-10-12-31(43-34(28)40)47-21-14-32(45-47)51-22-15-30-38(16-17-38)39(30)18-19-39/h6-8,10-11,13-17,24,30,33H,9,12,18-23,25-28H2,1-5H3,(H,46,48)(H,50,53);3-5,7-8,10-14,21,27,30,42H,6,9,15-20,22-25H2,1-2H3,(H,41,44)(H,46,48)/t30-;27-/m00/s1. The van der Waals surface area contributed by atoms with Crippen molar-refractivity contribution in [2.45, 2.75) is 191 Å². The first kappa shape index (κ1) is 79.2. The molecule has 2 aromatic carbocycles. The van der Waals surface area contributed by atoms with E-state index in [2.05, 4.69) is 69.4 Å². The molecule has 8 heterocycles. The molecule has 16 rings (SSSR count). The molecule has 113 heavy (non-hydrogen) atoms. The van der Waals surface area contributed by atoms with Gasteiger partial charge in [-0.2, -0.15) is 16.8 Å². The fourth-order valence-corrected chi connectivity index (χ4v) is 20.5. The van der Waals surface area contributed by atoms with Crippen LogP contribution in [0, 0.1) is 45.3 Å². The van der Waals surface area contributed by atoms with Crippen molar-refractivity contribution in [1.29, 1.82) is 0 Å². The molecule has 2 atom stereocenters. The third-order valence-electron chi connectivity index (χ3n) is 24.3. The molecule has 8 aromatic rings. The van der Waals surface area contributed by atoms with Crippen molar-refractivity contribution in [2.24, 2.45) is 45.3 Å². The number of ether oxygens (including phenoxy) is 5. The number of rotatable bonds is 32. The van der Waals surface area contributed by atoms with Crippen molar-refractivity contribution in [3.05, 3.63) is 166 Å². The van der Waals surface area contributed by atoms with Crippen LogP contribution in [0.1, 0.15) is 183 Å². The van der Waals surface area contributed by atoms with Crippen LogP contribution in [0.2, 0.25) is 10.3 Å².